The van der Waals surface area contributed by atoms with Gasteiger partial charge in [-0.05, 0) is 28.1 Å². The van der Waals surface area contributed by atoms with Gasteiger partial charge in [-0.3, -0.25) is 0 Å². The van der Waals surface area contributed by atoms with Crippen molar-refractivity contribution in [3.8, 4) is 0 Å². The molecule has 0 spiro atoms. The molecule has 0 amide bonds. The standard InChI is InChI=1S/C8H8BrF2NO2S/c1-12(2)15(13,14)8-4-6(10)5(9)3-7(8)11/h3-4H,1-2H3. The van der Waals surface area contributed by atoms with E-state index in [4.69, 9.17) is 0 Å². The van der Waals surface area contributed by atoms with E-state index >= 15 is 0 Å². The van der Waals surface area contributed by atoms with Gasteiger partial charge < -0.3 is 0 Å². The van der Waals surface area contributed by atoms with Crippen LogP contribution >= 0.6 is 15.9 Å². The molecule has 0 saturated carbocycles. The molecule has 0 heterocycles. The summed E-state index contributed by atoms with van der Waals surface area (Å²) in [7, 11) is -1.46. The van der Waals surface area contributed by atoms with Crippen LogP contribution in [0.4, 0.5) is 8.78 Å². The van der Waals surface area contributed by atoms with Crippen molar-refractivity contribution >= 4 is 26.0 Å². The number of sulfonamides is 1. The average molecular weight is 300 g/mol. The van der Waals surface area contributed by atoms with Crippen molar-refractivity contribution in [1.29, 1.82) is 0 Å². The van der Waals surface area contributed by atoms with Gasteiger partial charge in [0.15, 0.2) is 0 Å². The smallest absolute Gasteiger partial charge is 0.207 e. The molecule has 0 unspecified atom stereocenters. The van der Waals surface area contributed by atoms with E-state index in [-0.39, 0.29) is 4.47 Å². The Labute approximate surface area is 94.9 Å². The van der Waals surface area contributed by atoms with Gasteiger partial charge in [-0.15, -0.1) is 0 Å². The van der Waals surface area contributed by atoms with Gasteiger partial charge in [0.25, 0.3) is 0 Å². The van der Waals surface area contributed by atoms with Crippen LogP contribution < -0.4 is 0 Å². The highest BCUT2D eigenvalue weighted by atomic mass is 79.9. The number of hydrogen-bond donors (Lipinski definition) is 0. The number of hydrogen-bond acceptors (Lipinski definition) is 2. The molecule has 1 rings (SSSR count). The number of halogens is 3. The van der Waals surface area contributed by atoms with Crippen LogP contribution in [0.15, 0.2) is 21.5 Å². The van der Waals surface area contributed by atoms with Gasteiger partial charge in [0.05, 0.1) is 4.47 Å². The molecular weight excluding hydrogens is 292 g/mol. The van der Waals surface area contributed by atoms with Crippen molar-refractivity contribution in [2.45, 2.75) is 4.90 Å². The van der Waals surface area contributed by atoms with E-state index in [0.29, 0.717) is 6.07 Å². The van der Waals surface area contributed by atoms with E-state index in [1.807, 2.05) is 0 Å². The summed E-state index contributed by atoms with van der Waals surface area (Å²) in [4.78, 5) is -0.673. The molecule has 1 aromatic rings. The van der Waals surface area contributed by atoms with E-state index in [9.17, 15) is 17.2 Å². The second-order valence-electron chi connectivity index (χ2n) is 2.98. The van der Waals surface area contributed by atoms with Crippen LogP contribution in [0.5, 0.6) is 0 Å². The van der Waals surface area contributed by atoms with Gasteiger partial charge in [-0.1, -0.05) is 0 Å². The quantitative estimate of drug-likeness (QED) is 0.783. The van der Waals surface area contributed by atoms with Crippen LogP contribution in [0.25, 0.3) is 0 Å². The van der Waals surface area contributed by atoms with Crippen molar-refractivity contribution < 1.29 is 17.2 Å². The lowest BCUT2D eigenvalue weighted by molar-refractivity contribution is 0.503. The van der Waals surface area contributed by atoms with Gasteiger partial charge >= 0.3 is 0 Å². The lowest BCUT2D eigenvalue weighted by Gasteiger charge is -2.12. The molecule has 0 N–H and O–H groups in total. The van der Waals surface area contributed by atoms with Crippen molar-refractivity contribution in [3.63, 3.8) is 0 Å². The molecule has 0 aliphatic carbocycles. The van der Waals surface area contributed by atoms with Crippen molar-refractivity contribution in [2.75, 3.05) is 14.1 Å². The summed E-state index contributed by atoms with van der Waals surface area (Å²) in [5.41, 5.74) is 0. The topological polar surface area (TPSA) is 37.4 Å². The van der Waals surface area contributed by atoms with Crippen molar-refractivity contribution in [3.05, 3.63) is 28.2 Å². The van der Waals surface area contributed by atoms with Crippen LogP contribution in [0.1, 0.15) is 0 Å². The fourth-order valence-electron chi connectivity index (χ4n) is 0.899. The minimum absolute atomic E-state index is 0.113. The van der Waals surface area contributed by atoms with Crippen LogP contribution in [0.3, 0.4) is 0 Å². The number of rotatable bonds is 2. The zero-order chi connectivity index (χ0) is 11.8. The van der Waals surface area contributed by atoms with Crippen molar-refractivity contribution in [2.24, 2.45) is 0 Å². The van der Waals surface area contributed by atoms with Crippen molar-refractivity contribution in [1.82, 2.24) is 4.31 Å². The lowest BCUT2D eigenvalue weighted by atomic mass is 10.3. The summed E-state index contributed by atoms with van der Waals surface area (Å²) in [5, 5.41) is 0. The second kappa shape index (κ2) is 4.15. The minimum Gasteiger partial charge on any atom is -0.207 e. The first-order chi connectivity index (χ1) is 6.76. The summed E-state index contributed by atoms with van der Waals surface area (Å²) in [6, 6.07) is 1.43. The van der Waals surface area contributed by atoms with E-state index in [1.54, 1.807) is 0 Å². The Bertz CT molecular complexity index is 488. The second-order valence-corrected chi connectivity index (χ2v) is 5.96. The first kappa shape index (κ1) is 12.5. The first-order valence-electron chi connectivity index (χ1n) is 3.84. The van der Waals surface area contributed by atoms with Gasteiger partial charge in [0, 0.05) is 14.1 Å². The molecule has 3 nitrogen and oxygen atoms in total. The van der Waals surface area contributed by atoms with Crippen LogP contribution in [0.2, 0.25) is 0 Å². The molecule has 0 fully saturated rings. The third-order valence-electron chi connectivity index (χ3n) is 1.73. The molecule has 0 saturated heterocycles. The Balaban J connectivity index is 3.46. The molecule has 84 valence electrons. The predicted molar refractivity (Wildman–Crippen MR) is 54.9 cm³/mol. The maximum Gasteiger partial charge on any atom is 0.245 e. The van der Waals surface area contributed by atoms with Crippen LogP contribution in [-0.4, -0.2) is 26.8 Å². The molecule has 15 heavy (non-hydrogen) atoms. The normalized spacial score (nSPS) is 12.1. The first-order valence-corrected chi connectivity index (χ1v) is 6.07. The van der Waals surface area contributed by atoms with E-state index < -0.39 is 26.6 Å². The summed E-state index contributed by atoms with van der Waals surface area (Å²) in [5.74, 6) is -1.81. The highest BCUT2D eigenvalue weighted by Crippen LogP contribution is 2.24. The zero-order valence-electron chi connectivity index (χ0n) is 7.96. The van der Waals surface area contributed by atoms with Gasteiger partial charge in [-0.2, -0.15) is 0 Å². The largest absolute Gasteiger partial charge is 0.245 e. The fraction of sp³-hybridized carbons (Fsp3) is 0.250. The number of nitrogens with zero attached hydrogens (tertiary/aromatic N) is 1. The minimum atomic E-state index is -3.95. The zero-order valence-corrected chi connectivity index (χ0v) is 10.4. The Morgan fingerprint density at radius 2 is 1.73 bits per heavy atom. The SMILES string of the molecule is CN(C)S(=O)(=O)c1cc(F)c(Br)cc1F. The molecule has 0 aliphatic rings. The summed E-state index contributed by atoms with van der Waals surface area (Å²) >= 11 is 2.76. The monoisotopic (exact) mass is 299 g/mol. The Morgan fingerprint density at radius 1 is 1.20 bits per heavy atom. The summed E-state index contributed by atoms with van der Waals surface area (Å²) in [6.07, 6.45) is 0. The predicted octanol–water partition coefficient (Wildman–Crippen LogP) is 1.98. The molecule has 1 aromatic carbocycles. The van der Waals surface area contributed by atoms with Crippen LogP contribution in [0, 0.1) is 11.6 Å². The maximum atomic E-state index is 13.3. The third kappa shape index (κ3) is 2.35. The average Bonchev–Trinajstić information content (AvgIpc) is 2.10. The maximum absolute atomic E-state index is 13.3. The third-order valence-corrected chi connectivity index (χ3v) is 4.17. The molecule has 0 radical (unpaired) electrons. The highest BCUT2D eigenvalue weighted by molar-refractivity contribution is 9.10. The molecule has 0 atom stereocenters. The van der Waals surface area contributed by atoms with Gasteiger partial charge in [-0.25, -0.2) is 21.5 Å². The molecule has 0 aromatic heterocycles. The molecule has 7 heteroatoms. The van der Waals surface area contributed by atoms with Crippen LogP contribution in [-0.2, 0) is 10.0 Å². The summed E-state index contributed by atoms with van der Waals surface area (Å²) < 4.78 is 50.1. The van der Waals surface area contributed by atoms with E-state index in [1.165, 1.54) is 14.1 Å². The lowest BCUT2D eigenvalue weighted by Crippen LogP contribution is -2.23. The Kier molecular flexibility index (Phi) is 3.47. The molecule has 0 aliphatic heterocycles. The van der Waals surface area contributed by atoms with Gasteiger partial charge in [0.2, 0.25) is 10.0 Å². The summed E-state index contributed by atoms with van der Waals surface area (Å²) in [6.45, 7) is 0. The fourth-order valence-corrected chi connectivity index (χ4v) is 2.17. The Morgan fingerprint density at radius 3 is 2.20 bits per heavy atom. The molecule has 0 bridgehead atoms. The van der Waals surface area contributed by atoms with E-state index in [0.717, 1.165) is 10.4 Å². The Hall–Kier alpha value is -0.530. The van der Waals surface area contributed by atoms with E-state index in [2.05, 4.69) is 15.9 Å². The highest BCUT2D eigenvalue weighted by Gasteiger charge is 2.23. The number of benzene rings is 1. The molecular formula is C8H8BrF2NO2S. The van der Waals surface area contributed by atoms with Gasteiger partial charge in [0.1, 0.15) is 16.5 Å².